The number of anilines is 1. The van der Waals surface area contributed by atoms with Crippen molar-refractivity contribution < 1.29 is 19.6 Å². The van der Waals surface area contributed by atoms with Crippen LogP contribution in [-0.4, -0.2) is 47.6 Å². The second kappa shape index (κ2) is 12.0. The first-order valence-electron chi connectivity index (χ1n) is 9.64. The van der Waals surface area contributed by atoms with Crippen molar-refractivity contribution in [2.24, 2.45) is 11.3 Å². The predicted octanol–water partition coefficient (Wildman–Crippen LogP) is 3.91. The van der Waals surface area contributed by atoms with E-state index >= 15 is 0 Å². The van der Waals surface area contributed by atoms with Gasteiger partial charge >= 0.3 is 6.03 Å². The third kappa shape index (κ3) is 9.65. The van der Waals surface area contributed by atoms with Crippen LogP contribution in [0.1, 0.15) is 40.5 Å². The Labute approximate surface area is 187 Å². The maximum atomic E-state index is 12.7. The zero-order valence-corrected chi connectivity index (χ0v) is 19.2. The summed E-state index contributed by atoms with van der Waals surface area (Å²) in [5.41, 5.74) is 1.49. The van der Waals surface area contributed by atoms with Crippen LogP contribution in [0.3, 0.4) is 0 Å². The molecule has 0 aliphatic carbocycles. The van der Waals surface area contributed by atoms with Gasteiger partial charge in [0, 0.05) is 25.2 Å². The molecular weight excluding hydrogens is 431 g/mol. The minimum absolute atomic E-state index is 0.122. The van der Waals surface area contributed by atoms with Crippen molar-refractivity contribution in [3.63, 3.8) is 0 Å². The molecule has 0 fully saturated rings. The predicted molar refractivity (Wildman–Crippen MR) is 118 cm³/mol. The van der Waals surface area contributed by atoms with Gasteiger partial charge < -0.3 is 15.5 Å². The summed E-state index contributed by atoms with van der Waals surface area (Å²) < 4.78 is 0. The zero-order valence-electron chi connectivity index (χ0n) is 17.7. The number of carbonyl (C=O) groups is 3. The molecule has 0 aliphatic heterocycles. The Hall–Kier alpha value is -2.03. The first-order valence-corrected chi connectivity index (χ1v) is 10.4. The van der Waals surface area contributed by atoms with E-state index in [0.717, 1.165) is 6.42 Å². The quantitative estimate of drug-likeness (QED) is 0.313. The molecule has 0 unspecified atom stereocenters. The molecule has 0 saturated carbocycles. The highest BCUT2D eigenvalue weighted by Crippen LogP contribution is 2.25. The molecule has 168 valence electrons. The summed E-state index contributed by atoms with van der Waals surface area (Å²) in [6, 6.07) is 4.31. The number of nitrogens with one attached hydrogen (secondary N) is 3. The van der Waals surface area contributed by atoms with Gasteiger partial charge in [0.1, 0.15) is 6.54 Å². The molecule has 1 aromatic carbocycles. The van der Waals surface area contributed by atoms with E-state index in [2.05, 4.69) is 10.6 Å². The number of hydroxylamine groups is 1. The third-order valence-corrected chi connectivity index (χ3v) is 5.06. The van der Waals surface area contributed by atoms with Crippen molar-refractivity contribution >= 4 is 46.7 Å². The molecule has 0 atom stereocenters. The molecule has 0 aliphatic rings. The molecule has 1 rings (SSSR count). The lowest BCUT2D eigenvalue weighted by molar-refractivity contribution is -0.140. The number of urea groups is 1. The maximum Gasteiger partial charge on any atom is 0.319 e. The van der Waals surface area contributed by atoms with Crippen LogP contribution in [0.25, 0.3) is 0 Å². The number of rotatable bonds is 10. The van der Waals surface area contributed by atoms with Gasteiger partial charge in [-0.2, -0.15) is 0 Å². The Balaban J connectivity index is 2.63. The molecule has 0 aromatic heterocycles. The fourth-order valence-electron chi connectivity index (χ4n) is 2.57. The van der Waals surface area contributed by atoms with Crippen LogP contribution in [0.15, 0.2) is 18.2 Å². The average Bonchev–Trinajstić information content (AvgIpc) is 2.65. The van der Waals surface area contributed by atoms with E-state index < -0.39 is 17.4 Å². The molecule has 8 nitrogen and oxygen atoms in total. The molecule has 0 heterocycles. The molecular formula is C20H30Cl2N4O4. The van der Waals surface area contributed by atoms with Gasteiger partial charge in [0.25, 0.3) is 5.91 Å². The van der Waals surface area contributed by atoms with Crippen LogP contribution < -0.4 is 16.1 Å². The number of halogens is 2. The molecule has 0 radical (unpaired) electrons. The Morgan fingerprint density at radius 3 is 2.40 bits per heavy atom. The Morgan fingerprint density at radius 2 is 1.83 bits per heavy atom. The maximum absolute atomic E-state index is 12.7. The van der Waals surface area contributed by atoms with Gasteiger partial charge in [0.15, 0.2) is 0 Å². The van der Waals surface area contributed by atoms with Crippen molar-refractivity contribution in [1.82, 2.24) is 15.7 Å². The summed E-state index contributed by atoms with van der Waals surface area (Å²) in [5.74, 6) is -0.516. The van der Waals surface area contributed by atoms with Crippen LogP contribution in [0.4, 0.5) is 10.5 Å². The van der Waals surface area contributed by atoms with Gasteiger partial charge in [-0.1, -0.05) is 50.9 Å². The number of hydrogen-bond acceptors (Lipinski definition) is 4. The first-order chi connectivity index (χ1) is 13.9. The minimum atomic E-state index is -0.649. The normalized spacial score (nSPS) is 11.2. The number of hydrogen-bond donors (Lipinski definition) is 4. The fraction of sp³-hybridized carbons (Fsp3) is 0.550. The van der Waals surface area contributed by atoms with Gasteiger partial charge in [-0.05, 0) is 36.0 Å². The Kier molecular flexibility index (Phi) is 10.4. The summed E-state index contributed by atoms with van der Waals surface area (Å²) in [6.07, 6.45) is 0.853. The summed E-state index contributed by atoms with van der Waals surface area (Å²) in [6.45, 7) is 8.16. The molecule has 0 bridgehead atoms. The highest BCUT2D eigenvalue weighted by molar-refractivity contribution is 6.42. The number of nitrogens with zero attached hydrogens (tertiary/aromatic N) is 1. The lowest BCUT2D eigenvalue weighted by Crippen LogP contribution is -2.44. The SMILES string of the molecule is CC(C)CCN(CC(=O)NO)C(=O)CC(C)(C)CNC(=O)Nc1ccc(Cl)c(Cl)c1. The van der Waals surface area contributed by atoms with Crippen LogP contribution in [0.5, 0.6) is 0 Å². The standard InChI is InChI=1S/C20H30Cl2N4O4/c1-13(2)7-8-26(11-17(27)25-30)18(28)10-20(3,4)12-23-19(29)24-14-5-6-15(21)16(22)9-14/h5-6,9,13,30H,7-8,10-12H2,1-4H3,(H,25,27)(H2,23,24,29). The lowest BCUT2D eigenvalue weighted by Gasteiger charge is -2.29. The topological polar surface area (TPSA) is 111 Å². The van der Waals surface area contributed by atoms with E-state index in [1.807, 2.05) is 27.7 Å². The Bertz CT molecular complexity index is 756. The van der Waals surface area contributed by atoms with Crippen LogP contribution in [-0.2, 0) is 9.59 Å². The number of amides is 4. The van der Waals surface area contributed by atoms with Crippen LogP contribution in [0.2, 0.25) is 10.0 Å². The lowest BCUT2D eigenvalue weighted by atomic mass is 9.88. The largest absolute Gasteiger partial charge is 0.337 e. The van der Waals surface area contributed by atoms with Crippen molar-refractivity contribution in [2.45, 2.75) is 40.5 Å². The van der Waals surface area contributed by atoms with Gasteiger partial charge in [-0.3, -0.25) is 14.8 Å². The van der Waals surface area contributed by atoms with Gasteiger partial charge in [0.2, 0.25) is 5.91 Å². The molecule has 10 heteroatoms. The van der Waals surface area contributed by atoms with E-state index in [1.165, 1.54) is 11.0 Å². The van der Waals surface area contributed by atoms with Crippen molar-refractivity contribution in [3.8, 4) is 0 Å². The summed E-state index contributed by atoms with van der Waals surface area (Å²) >= 11 is 11.8. The molecule has 4 N–H and O–H groups in total. The number of carbonyl (C=O) groups excluding carboxylic acids is 3. The minimum Gasteiger partial charge on any atom is -0.337 e. The van der Waals surface area contributed by atoms with E-state index in [0.29, 0.717) is 28.2 Å². The van der Waals surface area contributed by atoms with E-state index in [1.54, 1.807) is 17.6 Å². The highest BCUT2D eigenvalue weighted by Gasteiger charge is 2.27. The monoisotopic (exact) mass is 460 g/mol. The van der Waals surface area contributed by atoms with Gasteiger partial charge in [0.05, 0.1) is 10.0 Å². The van der Waals surface area contributed by atoms with Crippen molar-refractivity contribution in [3.05, 3.63) is 28.2 Å². The highest BCUT2D eigenvalue weighted by atomic mass is 35.5. The van der Waals surface area contributed by atoms with Crippen LogP contribution in [0, 0.1) is 11.3 Å². The van der Waals surface area contributed by atoms with Crippen LogP contribution >= 0.6 is 23.2 Å². The zero-order chi connectivity index (χ0) is 22.9. The number of benzene rings is 1. The smallest absolute Gasteiger partial charge is 0.319 e. The Morgan fingerprint density at radius 1 is 1.17 bits per heavy atom. The molecule has 4 amide bonds. The van der Waals surface area contributed by atoms with E-state index in [-0.39, 0.29) is 25.4 Å². The summed E-state index contributed by atoms with van der Waals surface area (Å²) in [4.78, 5) is 37.9. The van der Waals surface area contributed by atoms with E-state index in [4.69, 9.17) is 28.4 Å². The fourth-order valence-corrected chi connectivity index (χ4v) is 2.87. The van der Waals surface area contributed by atoms with Crippen molar-refractivity contribution in [1.29, 1.82) is 0 Å². The van der Waals surface area contributed by atoms with Gasteiger partial charge in [-0.25, -0.2) is 10.3 Å². The second-order valence-corrected chi connectivity index (χ2v) is 9.12. The third-order valence-electron chi connectivity index (χ3n) is 4.32. The molecule has 30 heavy (non-hydrogen) atoms. The van der Waals surface area contributed by atoms with Gasteiger partial charge in [-0.15, -0.1) is 0 Å². The summed E-state index contributed by atoms with van der Waals surface area (Å²) in [7, 11) is 0. The molecule has 0 saturated heterocycles. The van der Waals surface area contributed by atoms with E-state index in [9.17, 15) is 14.4 Å². The summed E-state index contributed by atoms with van der Waals surface area (Å²) in [5, 5.41) is 14.9. The average molecular weight is 461 g/mol. The van der Waals surface area contributed by atoms with Crippen molar-refractivity contribution in [2.75, 3.05) is 25.0 Å². The molecule has 1 aromatic rings. The second-order valence-electron chi connectivity index (χ2n) is 8.31. The molecule has 0 spiro atoms. The first kappa shape index (κ1) is 26.0.